The molecule has 0 unspecified atom stereocenters. The van der Waals surface area contributed by atoms with Gasteiger partial charge >= 0.3 is 5.97 Å². The van der Waals surface area contributed by atoms with Crippen molar-refractivity contribution in [1.29, 1.82) is 0 Å². The Morgan fingerprint density at radius 1 is 0.614 bits per heavy atom. The molecule has 0 radical (unpaired) electrons. The summed E-state index contributed by atoms with van der Waals surface area (Å²) >= 11 is 0. The lowest BCUT2D eigenvalue weighted by molar-refractivity contribution is -0.308. The Labute approximate surface area is 258 Å². The van der Waals surface area contributed by atoms with E-state index in [9.17, 15) is 4.79 Å². The highest BCUT2D eigenvalue weighted by Gasteiger charge is 2.50. The quantitative estimate of drug-likeness (QED) is 0.161. The second-order valence-electron chi connectivity index (χ2n) is 10.4. The Balaban J connectivity index is 1.48. The maximum absolute atomic E-state index is 11.9. The molecule has 0 aromatic heterocycles. The van der Waals surface area contributed by atoms with Crippen molar-refractivity contribution in [2.75, 3.05) is 13.7 Å². The molecule has 1 heterocycles. The van der Waals surface area contributed by atoms with Gasteiger partial charge in [-0.3, -0.25) is 4.79 Å². The first-order chi connectivity index (χ1) is 21.6. The van der Waals surface area contributed by atoms with Crippen LogP contribution in [-0.4, -0.2) is 50.4 Å². The summed E-state index contributed by atoms with van der Waals surface area (Å²) in [6.07, 6.45) is -3.64. The van der Waals surface area contributed by atoms with E-state index >= 15 is 0 Å². The van der Waals surface area contributed by atoms with Crippen molar-refractivity contribution in [2.24, 2.45) is 0 Å². The molecule has 1 saturated heterocycles. The number of carbonyl (C=O) groups excluding carboxylic acids is 1. The molecule has 0 saturated carbocycles. The van der Waals surface area contributed by atoms with E-state index < -0.39 is 36.7 Å². The molecular weight excluding hydrogens is 560 g/mol. The van der Waals surface area contributed by atoms with Crippen LogP contribution in [0.1, 0.15) is 23.6 Å². The highest BCUT2D eigenvalue weighted by molar-refractivity contribution is 5.65. The van der Waals surface area contributed by atoms with Gasteiger partial charge in [0.05, 0.1) is 26.9 Å². The molecule has 0 N–H and O–H groups in total. The Hall–Kier alpha value is -4.21. The highest BCUT2D eigenvalue weighted by atomic mass is 16.7. The van der Waals surface area contributed by atoms with Gasteiger partial charge in [0.1, 0.15) is 42.5 Å². The predicted octanol–water partition coefficient (Wildman–Crippen LogP) is 6.12. The lowest BCUT2D eigenvalue weighted by Crippen LogP contribution is -2.62. The van der Waals surface area contributed by atoms with E-state index in [4.69, 9.17) is 33.2 Å². The second-order valence-corrected chi connectivity index (χ2v) is 10.4. The van der Waals surface area contributed by atoms with Crippen LogP contribution < -0.4 is 9.47 Å². The topological polar surface area (TPSA) is 81.7 Å². The molecule has 0 aliphatic carbocycles. The third kappa shape index (κ3) is 8.90. The Bertz CT molecular complexity index is 1400. The van der Waals surface area contributed by atoms with Gasteiger partial charge in [0.25, 0.3) is 0 Å². The molecule has 5 atom stereocenters. The maximum atomic E-state index is 11.9. The van der Waals surface area contributed by atoms with Crippen LogP contribution in [0, 0.1) is 0 Å². The van der Waals surface area contributed by atoms with E-state index in [2.05, 4.69) is 0 Å². The third-order valence-corrected chi connectivity index (χ3v) is 7.21. The number of ether oxygens (including phenoxy) is 7. The molecule has 1 aliphatic heterocycles. The van der Waals surface area contributed by atoms with Gasteiger partial charge in [0.15, 0.2) is 0 Å². The van der Waals surface area contributed by atoms with Crippen LogP contribution in [0.4, 0.5) is 0 Å². The van der Waals surface area contributed by atoms with E-state index in [1.165, 1.54) is 6.92 Å². The number of benzene rings is 4. The summed E-state index contributed by atoms with van der Waals surface area (Å²) in [4.78, 5) is 11.9. The molecule has 5 rings (SSSR count). The van der Waals surface area contributed by atoms with Gasteiger partial charge in [-0.15, -0.1) is 0 Å². The zero-order valence-corrected chi connectivity index (χ0v) is 25.0. The molecule has 8 heteroatoms. The lowest BCUT2D eigenvalue weighted by atomic mass is 9.97. The summed E-state index contributed by atoms with van der Waals surface area (Å²) in [6, 6.07) is 36.8. The number of carbonyl (C=O) groups is 1. The van der Waals surface area contributed by atoms with Crippen LogP contribution in [0.2, 0.25) is 0 Å². The van der Waals surface area contributed by atoms with Crippen molar-refractivity contribution in [2.45, 2.75) is 57.5 Å². The smallest absolute Gasteiger partial charge is 0.302 e. The first-order valence-electron chi connectivity index (χ1n) is 14.6. The number of hydrogen-bond acceptors (Lipinski definition) is 8. The van der Waals surface area contributed by atoms with E-state index in [-0.39, 0.29) is 6.61 Å². The Morgan fingerprint density at radius 3 is 1.55 bits per heavy atom. The minimum absolute atomic E-state index is 0.0478. The Morgan fingerprint density at radius 2 is 1.07 bits per heavy atom. The molecular formula is C36H38O8. The van der Waals surface area contributed by atoms with E-state index in [0.29, 0.717) is 31.3 Å². The van der Waals surface area contributed by atoms with Gasteiger partial charge in [-0.1, -0.05) is 91.0 Å². The first-order valence-corrected chi connectivity index (χ1v) is 14.6. The van der Waals surface area contributed by atoms with Gasteiger partial charge in [-0.25, -0.2) is 0 Å². The number of hydrogen-bond donors (Lipinski definition) is 0. The monoisotopic (exact) mass is 598 g/mol. The average Bonchev–Trinajstić information content (AvgIpc) is 3.07. The summed E-state index contributed by atoms with van der Waals surface area (Å²) in [5.74, 6) is 0.831. The maximum Gasteiger partial charge on any atom is 0.302 e. The highest BCUT2D eigenvalue weighted by Crippen LogP contribution is 2.32. The first kappa shape index (κ1) is 31.2. The predicted molar refractivity (Wildman–Crippen MR) is 164 cm³/mol. The number of esters is 1. The van der Waals surface area contributed by atoms with Gasteiger partial charge < -0.3 is 33.2 Å². The standard InChI is InChI=1S/C36H38O8/c1-26(37)39-25-32-33(40-22-27-12-6-3-7-13-27)34(41-23-28-14-8-4-9-15-28)35(42-24-29-16-10-5-11-17-29)36(44-32)43-31-20-18-30(38-2)19-21-31/h3-21,32-36H,22-25H2,1-2H3/t32-,33-,34+,35+,36+/m1/s1. The van der Waals surface area contributed by atoms with Crippen molar-refractivity contribution in [3.63, 3.8) is 0 Å². The van der Waals surface area contributed by atoms with E-state index in [1.54, 1.807) is 19.2 Å². The number of methoxy groups -OCH3 is 1. The fourth-order valence-electron chi connectivity index (χ4n) is 4.96. The Kier molecular flexibility index (Phi) is 11.4. The molecule has 0 bridgehead atoms. The van der Waals surface area contributed by atoms with Crippen molar-refractivity contribution in [3.8, 4) is 11.5 Å². The summed E-state index contributed by atoms with van der Waals surface area (Å²) < 4.78 is 43.4. The fraction of sp³-hybridized carbons (Fsp3) is 0.306. The summed E-state index contributed by atoms with van der Waals surface area (Å²) in [5, 5.41) is 0. The molecule has 230 valence electrons. The second kappa shape index (κ2) is 16.0. The van der Waals surface area contributed by atoms with Gasteiger partial charge in [-0.2, -0.15) is 0 Å². The van der Waals surface area contributed by atoms with Crippen LogP contribution in [0.25, 0.3) is 0 Å². The molecule has 1 aliphatic rings. The molecule has 0 spiro atoms. The molecule has 4 aromatic carbocycles. The largest absolute Gasteiger partial charge is 0.497 e. The van der Waals surface area contributed by atoms with Crippen molar-refractivity contribution in [3.05, 3.63) is 132 Å². The van der Waals surface area contributed by atoms with Crippen LogP contribution in [0.3, 0.4) is 0 Å². The van der Waals surface area contributed by atoms with Crippen LogP contribution in [0.15, 0.2) is 115 Å². The minimum atomic E-state index is -0.912. The molecule has 1 fully saturated rings. The molecule has 4 aromatic rings. The van der Waals surface area contributed by atoms with Crippen molar-refractivity contribution < 1.29 is 38.0 Å². The summed E-state index contributed by atoms with van der Waals surface area (Å²) in [7, 11) is 1.61. The molecule has 0 amide bonds. The zero-order chi connectivity index (χ0) is 30.6. The SMILES string of the molecule is COc1ccc(O[C@H]2O[C@H](COC(C)=O)[C@@H](OCc3ccccc3)[C@H](OCc3ccccc3)[C@@H]2OCc2ccccc2)cc1. The zero-order valence-electron chi connectivity index (χ0n) is 25.0. The summed E-state index contributed by atoms with van der Waals surface area (Å²) in [6.45, 7) is 2.21. The molecule has 8 nitrogen and oxygen atoms in total. The average molecular weight is 599 g/mol. The van der Waals surface area contributed by atoms with Crippen LogP contribution in [0.5, 0.6) is 11.5 Å². The summed E-state index contributed by atoms with van der Waals surface area (Å²) in [5.41, 5.74) is 2.96. The van der Waals surface area contributed by atoms with Crippen molar-refractivity contribution >= 4 is 5.97 Å². The lowest BCUT2D eigenvalue weighted by Gasteiger charge is -2.45. The van der Waals surface area contributed by atoms with E-state index in [1.807, 2.05) is 103 Å². The van der Waals surface area contributed by atoms with Crippen LogP contribution >= 0.6 is 0 Å². The minimum Gasteiger partial charge on any atom is -0.497 e. The third-order valence-electron chi connectivity index (χ3n) is 7.21. The van der Waals surface area contributed by atoms with Crippen molar-refractivity contribution in [1.82, 2.24) is 0 Å². The van der Waals surface area contributed by atoms with Gasteiger partial charge in [0, 0.05) is 6.92 Å². The van der Waals surface area contributed by atoms with Gasteiger partial charge in [-0.05, 0) is 41.0 Å². The van der Waals surface area contributed by atoms with Crippen LogP contribution in [-0.2, 0) is 48.3 Å². The normalized spacial score (nSPS) is 21.4. The fourth-order valence-corrected chi connectivity index (χ4v) is 4.96. The number of rotatable bonds is 14. The van der Waals surface area contributed by atoms with Gasteiger partial charge in [0.2, 0.25) is 6.29 Å². The molecule has 44 heavy (non-hydrogen) atoms. The van der Waals surface area contributed by atoms with E-state index in [0.717, 1.165) is 16.7 Å².